The molecule has 1 aliphatic heterocycles. The number of nitrogens with one attached hydrogen (secondary N) is 2. The van der Waals surface area contributed by atoms with Gasteiger partial charge in [0.25, 0.3) is 0 Å². The summed E-state index contributed by atoms with van der Waals surface area (Å²) in [5.74, 6) is 0.532. The monoisotopic (exact) mass is 337 g/mol. The van der Waals surface area contributed by atoms with E-state index >= 15 is 0 Å². The first-order chi connectivity index (χ1) is 12.2. The number of aromatic nitrogens is 1. The molecule has 2 N–H and O–H groups in total. The van der Waals surface area contributed by atoms with Crippen molar-refractivity contribution in [1.82, 2.24) is 10.3 Å². The zero-order valence-electron chi connectivity index (χ0n) is 13.7. The number of fused-ring (bicyclic) bond motifs is 1. The van der Waals surface area contributed by atoms with Crippen LogP contribution in [0.15, 0.2) is 48.8 Å². The average molecular weight is 337 g/mol. The lowest BCUT2D eigenvalue weighted by atomic mass is 10.1. The lowest BCUT2D eigenvalue weighted by molar-refractivity contribution is -0.117. The van der Waals surface area contributed by atoms with Crippen molar-refractivity contribution in [3.05, 3.63) is 59.9 Å². The normalized spacial score (nSPS) is 12.5. The lowest BCUT2D eigenvalue weighted by Gasteiger charge is -2.05. The second-order valence-electron chi connectivity index (χ2n) is 5.62. The third-order valence-corrected chi connectivity index (χ3v) is 3.76. The topological polar surface area (TPSA) is 80.3 Å². The van der Waals surface area contributed by atoms with E-state index in [1.807, 2.05) is 18.2 Å². The zero-order valence-corrected chi connectivity index (χ0v) is 13.7. The molecule has 6 heteroatoms. The molecule has 0 saturated heterocycles. The molecule has 0 aliphatic carbocycles. The van der Waals surface area contributed by atoms with E-state index in [-0.39, 0.29) is 24.8 Å². The summed E-state index contributed by atoms with van der Waals surface area (Å²) in [4.78, 5) is 27.5. The molecule has 0 spiro atoms. The number of nitrogens with zero attached hydrogens (tertiary/aromatic N) is 1. The van der Waals surface area contributed by atoms with Gasteiger partial charge in [0.1, 0.15) is 5.75 Å². The molecule has 2 amide bonds. The molecular formula is C19H19N3O3. The van der Waals surface area contributed by atoms with Gasteiger partial charge in [0, 0.05) is 43.5 Å². The van der Waals surface area contributed by atoms with Gasteiger partial charge < -0.3 is 15.4 Å². The van der Waals surface area contributed by atoms with Crippen molar-refractivity contribution in [3.63, 3.8) is 0 Å². The van der Waals surface area contributed by atoms with Crippen molar-refractivity contribution >= 4 is 23.6 Å². The molecule has 2 aromatic rings. The summed E-state index contributed by atoms with van der Waals surface area (Å²) in [7, 11) is 0. The van der Waals surface area contributed by atoms with Gasteiger partial charge in [-0.05, 0) is 41.5 Å². The third-order valence-electron chi connectivity index (χ3n) is 3.76. The van der Waals surface area contributed by atoms with E-state index in [1.54, 1.807) is 30.6 Å². The van der Waals surface area contributed by atoms with Crippen LogP contribution in [0.5, 0.6) is 5.75 Å². The minimum Gasteiger partial charge on any atom is -0.493 e. The molecule has 0 atom stereocenters. The largest absolute Gasteiger partial charge is 0.493 e. The van der Waals surface area contributed by atoms with Crippen LogP contribution < -0.4 is 15.4 Å². The summed E-state index contributed by atoms with van der Waals surface area (Å²) in [5, 5.41) is 5.44. The molecule has 0 fully saturated rings. The van der Waals surface area contributed by atoms with Crippen molar-refractivity contribution in [3.8, 4) is 5.75 Å². The molecule has 0 saturated carbocycles. The summed E-state index contributed by atoms with van der Waals surface area (Å²) in [6.45, 7) is 0.989. The summed E-state index contributed by atoms with van der Waals surface area (Å²) >= 11 is 0. The van der Waals surface area contributed by atoms with Crippen LogP contribution in [-0.4, -0.2) is 29.9 Å². The highest BCUT2D eigenvalue weighted by molar-refractivity contribution is 5.93. The fraction of sp³-hybridized carbons (Fsp3) is 0.211. The number of rotatable bonds is 6. The molecule has 0 radical (unpaired) electrons. The highest BCUT2D eigenvalue weighted by Crippen LogP contribution is 2.26. The number of ether oxygens (including phenoxy) is 1. The van der Waals surface area contributed by atoms with Crippen molar-refractivity contribution in [1.29, 1.82) is 0 Å². The Morgan fingerprint density at radius 2 is 2.04 bits per heavy atom. The highest BCUT2D eigenvalue weighted by atomic mass is 16.5. The molecule has 1 aliphatic rings. The maximum atomic E-state index is 11.8. The number of hydrogen-bond acceptors (Lipinski definition) is 4. The first-order valence-corrected chi connectivity index (χ1v) is 8.12. The number of carbonyl (C=O) groups is 2. The maximum absolute atomic E-state index is 11.8. The second-order valence-corrected chi connectivity index (χ2v) is 5.62. The van der Waals surface area contributed by atoms with E-state index < -0.39 is 0 Å². The predicted molar refractivity (Wildman–Crippen MR) is 95.2 cm³/mol. The van der Waals surface area contributed by atoms with Gasteiger partial charge >= 0.3 is 0 Å². The second kappa shape index (κ2) is 8.10. The van der Waals surface area contributed by atoms with Crippen molar-refractivity contribution in [2.24, 2.45) is 0 Å². The van der Waals surface area contributed by atoms with Gasteiger partial charge in [0.15, 0.2) is 0 Å². The Balaban J connectivity index is 1.41. The number of hydrogen-bond donors (Lipinski definition) is 2. The summed E-state index contributed by atoms with van der Waals surface area (Å²) in [6.07, 6.45) is 7.54. The molecular weight excluding hydrogens is 318 g/mol. The van der Waals surface area contributed by atoms with Gasteiger partial charge in [-0.1, -0.05) is 6.07 Å². The Labute approximate surface area is 145 Å². The molecule has 3 rings (SSSR count). The lowest BCUT2D eigenvalue weighted by Crippen LogP contribution is -2.26. The number of anilines is 1. The van der Waals surface area contributed by atoms with Gasteiger partial charge in [-0.3, -0.25) is 14.6 Å². The minimum atomic E-state index is -0.228. The first-order valence-electron chi connectivity index (χ1n) is 8.12. The smallest absolute Gasteiger partial charge is 0.244 e. The molecule has 128 valence electrons. The number of benzene rings is 1. The molecule has 6 nitrogen and oxygen atoms in total. The van der Waals surface area contributed by atoms with Gasteiger partial charge in [-0.15, -0.1) is 0 Å². The van der Waals surface area contributed by atoms with Gasteiger partial charge in [0.05, 0.1) is 6.61 Å². The van der Waals surface area contributed by atoms with Crippen LogP contribution in [0.3, 0.4) is 0 Å². The van der Waals surface area contributed by atoms with Crippen LogP contribution in [0.1, 0.15) is 17.5 Å². The molecule has 1 aromatic heterocycles. The van der Waals surface area contributed by atoms with Gasteiger partial charge in [0.2, 0.25) is 11.8 Å². The molecule has 1 aromatic carbocycles. The quantitative estimate of drug-likeness (QED) is 0.792. The summed E-state index contributed by atoms with van der Waals surface area (Å²) < 4.78 is 5.45. The fourth-order valence-electron chi connectivity index (χ4n) is 2.50. The Hall–Kier alpha value is -3.15. The Bertz CT molecular complexity index is 788. The molecule has 0 bridgehead atoms. The van der Waals surface area contributed by atoms with E-state index in [0.717, 1.165) is 23.3 Å². The van der Waals surface area contributed by atoms with Gasteiger partial charge in [-0.25, -0.2) is 0 Å². The molecule has 2 heterocycles. The van der Waals surface area contributed by atoms with Crippen LogP contribution >= 0.6 is 0 Å². The van der Waals surface area contributed by atoms with Gasteiger partial charge in [-0.2, -0.15) is 0 Å². The highest BCUT2D eigenvalue weighted by Gasteiger charge is 2.11. The van der Waals surface area contributed by atoms with Crippen molar-refractivity contribution < 1.29 is 14.3 Å². The van der Waals surface area contributed by atoms with Crippen LogP contribution in [-0.2, 0) is 16.0 Å². The van der Waals surface area contributed by atoms with Crippen LogP contribution in [0.2, 0.25) is 0 Å². The van der Waals surface area contributed by atoms with Crippen molar-refractivity contribution in [2.45, 2.75) is 12.8 Å². The number of amides is 2. The zero-order chi connectivity index (χ0) is 17.5. The minimum absolute atomic E-state index is 0.158. The standard InChI is InChI=1S/C19H19N3O3/c23-18(4-2-14-1-3-17-15(13-14)8-12-25-17)21-11-7-19(24)22-16-5-9-20-10-6-16/h1-6,9-10,13H,7-8,11-12H2,(H,21,23)(H,20,22,24)/b4-2-. The molecule has 0 unspecified atom stereocenters. The number of carbonyl (C=O) groups excluding carboxylic acids is 2. The van der Waals surface area contributed by atoms with Crippen LogP contribution in [0.4, 0.5) is 5.69 Å². The van der Waals surface area contributed by atoms with Crippen molar-refractivity contribution in [2.75, 3.05) is 18.5 Å². The molecule has 25 heavy (non-hydrogen) atoms. The number of pyridine rings is 1. The predicted octanol–water partition coefficient (Wildman–Crippen LogP) is 2.17. The van der Waals surface area contributed by atoms with Crippen LogP contribution in [0.25, 0.3) is 6.08 Å². The van der Waals surface area contributed by atoms with Crippen LogP contribution in [0, 0.1) is 0 Å². The summed E-state index contributed by atoms with van der Waals surface area (Å²) in [5.41, 5.74) is 2.80. The average Bonchev–Trinajstić information content (AvgIpc) is 3.08. The maximum Gasteiger partial charge on any atom is 0.244 e. The van der Waals surface area contributed by atoms with E-state index in [2.05, 4.69) is 15.6 Å². The third kappa shape index (κ3) is 4.91. The Morgan fingerprint density at radius 3 is 2.88 bits per heavy atom. The SMILES string of the molecule is O=C(/C=C\c1ccc2c(c1)CCO2)NCCC(=O)Nc1ccncc1. The Morgan fingerprint density at radius 1 is 1.20 bits per heavy atom. The van der Waals surface area contributed by atoms with E-state index in [0.29, 0.717) is 12.3 Å². The summed E-state index contributed by atoms with van der Waals surface area (Å²) in [6, 6.07) is 9.27. The van der Waals surface area contributed by atoms with E-state index in [1.165, 1.54) is 6.08 Å². The van der Waals surface area contributed by atoms with E-state index in [9.17, 15) is 9.59 Å². The fourth-order valence-corrected chi connectivity index (χ4v) is 2.50. The Kier molecular flexibility index (Phi) is 5.41. The first kappa shape index (κ1) is 16.7. The van der Waals surface area contributed by atoms with E-state index in [4.69, 9.17) is 4.74 Å².